The van der Waals surface area contributed by atoms with Crippen molar-refractivity contribution in [2.45, 2.75) is 18.7 Å². The number of nitrogens with two attached hydrogens (primary N) is 1. The van der Waals surface area contributed by atoms with Gasteiger partial charge in [-0.05, 0) is 32.0 Å². The molecule has 0 aliphatic rings. The Kier molecular flexibility index (Phi) is 4.76. The quantitative estimate of drug-likeness (QED) is 0.843. The summed E-state index contributed by atoms with van der Waals surface area (Å²) in [5, 5.41) is 8.64. The Labute approximate surface area is 122 Å². The Bertz CT molecular complexity index is 678. The summed E-state index contributed by atoms with van der Waals surface area (Å²) in [7, 11) is -3.88. The highest BCUT2D eigenvalue weighted by Crippen LogP contribution is 2.23. The summed E-state index contributed by atoms with van der Waals surface area (Å²) in [6.07, 6.45) is 0. The summed E-state index contributed by atoms with van der Waals surface area (Å²) < 4.78 is 26.5. The van der Waals surface area contributed by atoms with Crippen molar-refractivity contribution in [3.05, 3.63) is 28.8 Å². The second kappa shape index (κ2) is 5.79. The van der Waals surface area contributed by atoms with E-state index in [0.717, 1.165) is 0 Å². The number of nitrogens with one attached hydrogen (secondary N) is 1. The normalized spacial score (nSPS) is 11.9. The largest absolute Gasteiger partial charge is 0.369 e. The third-order valence-corrected chi connectivity index (χ3v) is 4.61. The van der Waals surface area contributed by atoms with Crippen LogP contribution < -0.4 is 10.5 Å². The second-order valence-corrected chi connectivity index (χ2v) is 6.97. The van der Waals surface area contributed by atoms with Crippen LogP contribution in [-0.4, -0.2) is 20.9 Å². The minimum atomic E-state index is -3.88. The number of rotatable bonds is 5. The second-order valence-electron chi connectivity index (χ2n) is 4.83. The van der Waals surface area contributed by atoms with Gasteiger partial charge in [-0.3, -0.25) is 4.79 Å². The molecule has 0 spiro atoms. The molecule has 20 heavy (non-hydrogen) atoms. The van der Waals surface area contributed by atoms with Crippen molar-refractivity contribution in [1.82, 2.24) is 4.72 Å². The molecular formula is C12H14ClN3O3S. The van der Waals surface area contributed by atoms with Gasteiger partial charge in [0.05, 0.1) is 22.1 Å². The van der Waals surface area contributed by atoms with Crippen LogP contribution in [0.25, 0.3) is 0 Å². The molecule has 6 nitrogen and oxygen atoms in total. The zero-order valence-corrected chi connectivity index (χ0v) is 12.5. The van der Waals surface area contributed by atoms with Crippen LogP contribution in [0, 0.1) is 16.7 Å². The van der Waals surface area contributed by atoms with Crippen LogP contribution in [0.5, 0.6) is 0 Å². The van der Waals surface area contributed by atoms with Gasteiger partial charge in [0.1, 0.15) is 4.90 Å². The van der Waals surface area contributed by atoms with Crippen LogP contribution in [0.2, 0.25) is 5.02 Å². The van der Waals surface area contributed by atoms with E-state index in [-0.39, 0.29) is 22.0 Å². The number of halogens is 1. The van der Waals surface area contributed by atoms with Crippen molar-refractivity contribution in [1.29, 1.82) is 5.26 Å². The Hall–Kier alpha value is -1.62. The maximum Gasteiger partial charge on any atom is 0.242 e. The summed E-state index contributed by atoms with van der Waals surface area (Å²) in [5.74, 6) is -0.619. The van der Waals surface area contributed by atoms with Crippen LogP contribution in [0.15, 0.2) is 23.1 Å². The molecule has 1 rings (SSSR count). The number of nitrogens with zero attached hydrogens (tertiary/aromatic N) is 1. The summed E-state index contributed by atoms with van der Waals surface area (Å²) in [5.41, 5.74) is 4.40. The van der Waals surface area contributed by atoms with Crippen molar-refractivity contribution < 1.29 is 13.2 Å². The lowest BCUT2D eigenvalue weighted by Crippen LogP contribution is -2.42. The maximum atomic E-state index is 12.1. The summed E-state index contributed by atoms with van der Waals surface area (Å²) in [4.78, 5) is 11.0. The zero-order valence-electron chi connectivity index (χ0n) is 11.0. The van der Waals surface area contributed by atoms with E-state index in [1.165, 1.54) is 32.0 Å². The SMILES string of the molecule is CC(C)(CNS(=O)(=O)c1ccc(C#N)cc1Cl)C(N)=O. The van der Waals surface area contributed by atoms with Crippen molar-refractivity contribution in [3.8, 4) is 6.07 Å². The van der Waals surface area contributed by atoms with Gasteiger partial charge < -0.3 is 5.73 Å². The number of nitriles is 1. The summed E-state index contributed by atoms with van der Waals surface area (Å²) in [6.45, 7) is 2.90. The number of carbonyl (C=O) groups is 1. The molecule has 0 saturated carbocycles. The fraction of sp³-hybridized carbons (Fsp3) is 0.333. The van der Waals surface area contributed by atoms with Crippen LogP contribution >= 0.6 is 11.6 Å². The molecule has 0 fully saturated rings. The average Bonchev–Trinajstić information content (AvgIpc) is 2.36. The number of carbonyl (C=O) groups excluding carboxylic acids is 1. The highest BCUT2D eigenvalue weighted by Gasteiger charge is 2.28. The molecule has 1 amide bonds. The predicted molar refractivity (Wildman–Crippen MR) is 74.3 cm³/mol. The number of sulfonamides is 1. The van der Waals surface area contributed by atoms with E-state index < -0.39 is 21.3 Å². The first-order valence-corrected chi connectivity index (χ1v) is 7.45. The van der Waals surface area contributed by atoms with Crippen LogP contribution in [0.4, 0.5) is 0 Å². The number of amides is 1. The molecule has 0 radical (unpaired) electrons. The highest BCUT2D eigenvalue weighted by atomic mass is 35.5. The van der Waals surface area contributed by atoms with E-state index in [1.807, 2.05) is 6.07 Å². The lowest BCUT2D eigenvalue weighted by atomic mass is 9.93. The molecule has 0 aromatic heterocycles. The smallest absolute Gasteiger partial charge is 0.242 e. The van der Waals surface area contributed by atoms with E-state index in [1.54, 1.807) is 0 Å². The maximum absolute atomic E-state index is 12.1. The molecule has 0 aliphatic carbocycles. The van der Waals surface area contributed by atoms with Crippen LogP contribution in [-0.2, 0) is 14.8 Å². The van der Waals surface area contributed by atoms with Gasteiger partial charge in [-0.2, -0.15) is 5.26 Å². The average molecular weight is 316 g/mol. The van der Waals surface area contributed by atoms with Crippen molar-refractivity contribution in [2.24, 2.45) is 11.1 Å². The summed E-state index contributed by atoms with van der Waals surface area (Å²) in [6, 6.07) is 5.70. The Morgan fingerprint density at radius 1 is 1.50 bits per heavy atom. The molecule has 0 unspecified atom stereocenters. The van der Waals surface area contributed by atoms with E-state index in [9.17, 15) is 13.2 Å². The Morgan fingerprint density at radius 2 is 2.10 bits per heavy atom. The van der Waals surface area contributed by atoms with Crippen LogP contribution in [0.3, 0.4) is 0 Å². The van der Waals surface area contributed by atoms with E-state index in [0.29, 0.717) is 0 Å². The predicted octanol–water partition coefficient (Wildman–Crippen LogP) is 1.00. The van der Waals surface area contributed by atoms with Gasteiger partial charge in [-0.25, -0.2) is 13.1 Å². The first-order chi connectivity index (χ1) is 9.10. The van der Waals surface area contributed by atoms with Gasteiger partial charge in [0.2, 0.25) is 15.9 Å². The van der Waals surface area contributed by atoms with E-state index in [4.69, 9.17) is 22.6 Å². The van der Waals surface area contributed by atoms with Crippen LogP contribution in [0.1, 0.15) is 19.4 Å². The molecule has 3 N–H and O–H groups in total. The van der Waals surface area contributed by atoms with Gasteiger partial charge in [0.25, 0.3) is 0 Å². The molecule has 0 bridgehead atoms. The topological polar surface area (TPSA) is 113 Å². The number of primary amides is 1. The first-order valence-electron chi connectivity index (χ1n) is 5.59. The minimum Gasteiger partial charge on any atom is -0.369 e. The molecule has 0 atom stereocenters. The fourth-order valence-corrected chi connectivity index (χ4v) is 2.98. The van der Waals surface area contributed by atoms with E-state index in [2.05, 4.69) is 4.72 Å². The van der Waals surface area contributed by atoms with Crippen molar-refractivity contribution in [2.75, 3.05) is 6.54 Å². The summed E-state index contributed by atoms with van der Waals surface area (Å²) >= 11 is 5.84. The first kappa shape index (κ1) is 16.4. The Balaban J connectivity index is 3.02. The van der Waals surface area contributed by atoms with Gasteiger partial charge in [-0.15, -0.1) is 0 Å². The van der Waals surface area contributed by atoms with Gasteiger partial charge in [0.15, 0.2) is 0 Å². The van der Waals surface area contributed by atoms with Gasteiger partial charge >= 0.3 is 0 Å². The molecule has 8 heteroatoms. The fourth-order valence-electron chi connectivity index (χ4n) is 1.23. The highest BCUT2D eigenvalue weighted by molar-refractivity contribution is 7.89. The molecular weight excluding hydrogens is 302 g/mol. The Morgan fingerprint density at radius 3 is 2.55 bits per heavy atom. The standard InChI is InChI=1S/C12H14ClN3O3S/c1-12(2,11(15)17)7-16-20(18,19)10-4-3-8(6-14)5-9(10)13/h3-5,16H,7H2,1-2H3,(H2,15,17). The van der Waals surface area contributed by atoms with E-state index >= 15 is 0 Å². The molecule has 108 valence electrons. The van der Waals surface area contributed by atoms with Crippen molar-refractivity contribution in [3.63, 3.8) is 0 Å². The van der Waals surface area contributed by atoms with Crippen molar-refractivity contribution >= 4 is 27.5 Å². The minimum absolute atomic E-state index is 0.0616. The lowest BCUT2D eigenvalue weighted by molar-refractivity contribution is -0.125. The molecule has 0 aliphatic heterocycles. The third kappa shape index (κ3) is 3.70. The molecule has 1 aromatic rings. The molecule has 0 heterocycles. The van der Waals surface area contributed by atoms with Gasteiger partial charge in [0, 0.05) is 6.54 Å². The number of benzene rings is 1. The molecule has 0 saturated heterocycles. The number of hydrogen-bond donors (Lipinski definition) is 2. The number of hydrogen-bond acceptors (Lipinski definition) is 4. The lowest BCUT2D eigenvalue weighted by Gasteiger charge is -2.20. The zero-order chi connectivity index (χ0) is 15.6. The van der Waals surface area contributed by atoms with Gasteiger partial charge in [-0.1, -0.05) is 11.6 Å². The monoisotopic (exact) mass is 315 g/mol. The third-order valence-electron chi connectivity index (χ3n) is 2.72. The molecule has 1 aromatic carbocycles.